The Balaban J connectivity index is 0.777. The SMILES string of the molecule is c1ccc2c(c1)oc1c(-c3ccc(-c4ccc(-c5cccc6c5oc5c(-c7ccc(-c8ccc(-c9cccc%10c9oc9ccccc9%10)cc8)cc7)cccc56)cc4)cc3)cccc12. The molecular formula is C60H36O3. The minimum atomic E-state index is 0.895. The highest BCUT2D eigenvalue weighted by Crippen LogP contribution is 2.42. The van der Waals surface area contributed by atoms with Gasteiger partial charge in [0.15, 0.2) is 0 Å². The Morgan fingerprint density at radius 3 is 0.730 bits per heavy atom. The number of rotatable bonds is 6. The lowest BCUT2D eigenvalue weighted by atomic mass is 9.96. The maximum absolute atomic E-state index is 6.85. The van der Waals surface area contributed by atoms with Crippen molar-refractivity contribution in [1.82, 2.24) is 0 Å². The standard InChI is InChI=1S/C60H36O3/c1-3-19-55-49(9-1)51-15-5-11-45(57(51)61-55)41-29-21-37(22-30-41)39-25-33-43(34-26-39)47-13-7-17-53-54-18-8-14-48(60(54)63-59(47)53)44-35-27-40(28-36-44)38-23-31-42(32-24-38)46-12-6-16-52-50-10-2-4-20-56(50)62-58(46)52/h1-36H. The van der Waals surface area contributed by atoms with Gasteiger partial charge in [-0.1, -0.05) is 206 Å². The van der Waals surface area contributed by atoms with Crippen molar-refractivity contribution in [3.05, 3.63) is 218 Å². The van der Waals surface area contributed by atoms with Crippen molar-refractivity contribution in [2.75, 3.05) is 0 Å². The van der Waals surface area contributed by atoms with Gasteiger partial charge < -0.3 is 13.3 Å². The highest BCUT2D eigenvalue weighted by atomic mass is 16.3. The van der Waals surface area contributed by atoms with Crippen molar-refractivity contribution >= 4 is 65.8 Å². The normalized spacial score (nSPS) is 11.8. The van der Waals surface area contributed by atoms with Gasteiger partial charge in [-0.3, -0.25) is 0 Å². The van der Waals surface area contributed by atoms with Crippen molar-refractivity contribution in [2.45, 2.75) is 0 Å². The molecule has 0 saturated carbocycles. The second kappa shape index (κ2) is 14.1. The van der Waals surface area contributed by atoms with Crippen LogP contribution in [0.2, 0.25) is 0 Å². The molecule has 63 heavy (non-hydrogen) atoms. The Bertz CT molecular complexity index is 3610. The van der Waals surface area contributed by atoms with Crippen LogP contribution in [0, 0.1) is 0 Å². The summed E-state index contributed by atoms with van der Waals surface area (Å²) in [5.74, 6) is 0. The van der Waals surface area contributed by atoms with Crippen LogP contribution in [0.15, 0.2) is 232 Å². The monoisotopic (exact) mass is 804 g/mol. The van der Waals surface area contributed by atoms with Crippen LogP contribution in [0.3, 0.4) is 0 Å². The highest BCUT2D eigenvalue weighted by molar-refractivity contribution is 6.14. The van der Waals surface area contributed by atoms with E-state index in [1.807, 2.05) is 24.3 Å². The zero-order chi connectivity index (χ0) is 41.4. The van der Waals surface area contributed by atoms with E-state index in [2.05, 4.69) is 194 Å². The molecule has 10 aromatic carbocycles. The molecule has 3 nitrogen and oxygen atoms in total. The van der Waals surface area contributed by atoms with E-state index >= 15 is 0 Å². The van der Waals surface area contributed by atoms with Crippen molar-refractivity contribution in [3.8, 4) is 66.8 Å². The quantitative estimate of drug-likeness (QED) is 0.168. The molecule has 0 saturated heterocycles. The number of fused-ring (bicyclic) bond motifs is 9. The van der Waals surface area contributed by atoms with Crippen molar-refractivity contribution in [3.63, 3.8) is 0 Å². The van der Waals surface area contributed by atoms with Crippen LogP contribution < -0.4 is 0 Å². The van der Waals surface area contributed by atoms with Gasteiger partial charge in [0.2, 0.25) is 0 Å². The average Bonchev–Trinajstić information content (AvgIpc) is 4.06. The summed E-state index contributed by atoms with van der Waals surface area (Å²) in [5.41, 5.74) is 18.9. The zero-order valence-corrected chi connectivity index (χ0v) is 34.0. The van der Waals surface area contributed by atoms with Gasteiger partial charge in [0, 0.05) is 54.6 Å². The second-order valence-electron chi connectivity index (χ2n) is 16.3. The molecule has 0 fully saturated rings. The fraction of sp³-hybridized carbons (Fsp3) is 0. The molecule has 0 radical (unpaired) electrons. The van der Waals surface area contributed by atoms with Crippen LogP contribution in [-0.2, 0) is 0 Å². The van der Waals surface area contributed by atoms with Crippen molar-refractivity contribution in [2.24, 2.45) is 0 Å². The molecule has 13 rings (SSSR count). The molecule has 0 aliphatic heterocycles. The number of para-hydroxylation sites is 6. The molecule has 3 heteroatoms. The van der Waals surface area contributed by atoms with E-state index in [1.165, 1.54) is 0 Å². The molecule has 0 amide bonds. The minimum Gasteiger partial charge on any atom is -0.455 e. The lowest BCUT2D eigenvalue weighted by Gasteiger charge is -2.08. The highest BCUT2D eigenvalue weighted by Gasteiger charge is 2.17. The third-order valence-electron chi connectivity index (χ3n) is 12.8. The first-order valence-electron chi connectivity index (χ1n) is 21.4. The van der Waals surface area contributed by atoms with Gasteiger partial charge in [-0.05, 0) is 56.6 Å². The number of hydrogen-bond acceptors (Lipinski definition) is 3. The van der Waals surface area contributed by atoms with Gasteiger partial charge in [-0.2, -0.15) is 0 Å². The lowest BCUT2D eigenvalue weighted by Crippen LogP contribution is -1.83. The van der Waals surface area contributed by atoms with E-state index in [0.29, 0.717) is 0 Å². The van der Waals surface area contributed by atoms with E-state index in [9.17, 15) is 0 Å². The Morgan fingerprint density at radius 2 is 0.413 bits per heavy atom. The fourth-order valence-electron chi connectivity index (χ4n) is 9.59. The molecule has 0 bridgehead atoms. The Morgan fingerprint density at radius 1 is 0.175 bits per heavy atom. The maximum atomic E-state index is 6.85. The first kappa shape index (κ1) is 35.4. The molecule has 0 aliphatic rings. The van der Waals surface area contributed by atoms with Gasteiger partial charge >= 0.3 is 0 Å². The summed E-state index contributed by atoms with van der Waals surface area (Å²) >= 11 is 0. The zero-order valence-electron chi connectivity index (χ0n) is 34.0. The lowest BCUT2D eigenvalue weighted by molar-refractivity contribution is 0.669. The number of hydrogen-bond donors (Lipinski definition) is 0. The van der Waals surface area contributed by atoms with E-state index in [1.54, 1.807) is 0 Å². The second-order valence-corrected chi connectivity index (χ2v) is 16.3. The molecule has 0 unspecified atom stereocenters. The third-order valence-corrected chi connectivity index (χ3v) is 12.8. The summed E-state index contributed by atoms with van der Waals surface area (Å²) < 4.78 is 19.5. The molecule has 13 aromatic rings. The molecule has 3 heterocycles. The van der Waals surface area contributed by atoms with Crippen LogP contribution in [0.5, 0.6) is 0 Å². The minimum absolute atomic E-state index is 0.895. The van der Waals surface area contributed by atoms with Gasteiger partial charge in [-0.25, -0.2) is 0 Å². The molecule has 294 valence electrons. The van der Waals surface area contributed by atoms with Gasteiger partial charge in [-0.15, -0.1) is 0 Å². The number of furan rings is 3. The Kier molecular flexibility index (Phi) is 7.91. The molecule has 0 atom stereocenters. The van der Waals surface area contributed by atoms with Crippen LogP contribution in [-0.4, -0.2) is 0 Å². The largest absolute Gasteiger partial charge is 0.455 e. The fourth-order valence-corrected chi connectivity index (χ4v) is 9.59. The molecule has 3 aromatic heterocycles. The summed E-state index contributed by atoms with van der Waals surface area (Å²) in [5, 5.41) is 6.78. The smallest absolute Gasteiger partial charge is 0.143 e. The summed E-state index contributed by atoms with van der Waals surface area (Å²) in [6.45, 7) is 0. The molecule has 0 aliphatic carbocycles. The number of benzene rings is 10. The summed E-state index contributed by atoms with van der Waals surface area (Å²) in [4.78, 5) is 0. The predicted molar refractivity (Wildman–Crippen MR) is 261 cm³/mol. The van der Waals surface area contributed by atoms with Crippen LogP contribution in [0.4, 0.5) is 0 Å². The van der Waals surface area contributed by atoms with Crippen LogP contribution in [0.1, 0.15) is 0 Å². The Hall–Kier alpha value is -8.40. The summed E-state index contributed by atoms with van der Waals surface area (Å²) in [6, 6.07) is 77.3. The van der Waals surface area contributed by atoms with E-state index in [0.717, 1.165) is 133 Å². The van der Waals surface area contributed by atoms with Crippen LogP contribution in [0.25, 0.3) is 133 Å². The van der Waals surface area contributed by atoms with Crippen molar-refractivity contribution < 1.29 is 13.3 Å². The Labute approximate surface area is 362 Å². The summed E-state index contributed by atoms with van der Waals surface area (Å²) in [7, 11) is 0. The van der Waals surface area contributed by atoms with E-state index in [4.69, 9.17) is 13.3 Å². The first-order chi connectivity index (χ1) is 31.2. The predicted octanol–water partition coefficient (Wildman–Crippen LogP) is 17.4. The van der Waals surface area contributed by atoms with Gasteiger partial charge in [0.1, 0.15) is 33.5 Å². The van der Waals surface area contributed by atoms with Gasteiger partial charge in [0.25, 0.3) is 0 Å². The van der Waals surface area contributed by atoms with E-state index in [-0.39, 0.29) is 0 Å². The molecule has 0 spiro atoms. The molecular weight excluding hydrogens is 769 g/mol. The molecule has 0 N–H and O–H groups in total. The first-order valence-corrected chi connectivity index (χ1v) is 21.4. The van der Waals surface area contributed by atoms with Crippen molar-refractivity contribution in [1.29, 1.82) is 0 Å². The van der Waals surface area contributed by atoms with Crippen LogP contribution >= 0.6 is 0 Å². The topological polar surface area (TPSA) is 39.4 Å². The van der Waals surface area contributed by atoms with Gasteiger partial charge in [0.05, 0.1) is 0 Å². The maximum Gasteiger partial charge on any atom is 0.143 e. The third kappa shape index (κ3) is 5.75. The average molecular weight is 805 g/mol. The van der Waals surface area contributed by atoms with E-state index < -0.39 is 0 Å². The summed E-state index contributed by atoms with van der Waals surface area (Å²) in [6.07, 6.45) is 0.